The standard InChI is InChI=1S/C29H34O3/c1-18-4-6-19(7-5-18)26(30)12-9-21-16-24-20(17-27(21)32-3)8-10-23-22(24)14-15-29(2)25(23)11-13-28(29)31/h4-7,9,12,16-17,22-23,25,28,31H,8,10-11,13-15H2,1-3H3/b12-9+/t22-,23+,25-,28-,29-/m0/s1. The summed E-state index contributed by atoms with van der Waals surface area (Å²) in [6, 6.07) is 12.2. The Kier molecular flexibility index (Phi) is 5.49. The Morgan fingerprint density at radius 3 is 2.66 bits per heavy atom. The van der Waals surface area contributed by atoms with Gasteiger partial charge in [-0.1, -0.05) is 36.8 Å². The first-order chi connectivity index (χ1) is 15.4. The number of ketones is 1. The number of ether oxygens (including phenoxy) is 1. The van der Waals surface area contributed by atoms with Gasteiger partial charge < -0.3 is 9.84 Å². The van der Waals surface area contributed by atoms with E-state index in [1.807, 2.05) is 37.3 Å². The summed E-state index contributed by atoms with van der Waals surface area (Å²) in [5.41, 5.74) is 5.76. The number of methoxy groups -OCH3 is 1. The molecule has 0 amide bonds. The van der Waals surface area contributed by atoms with Crippen molar-refractivity contribution in [3.8, 4) is 5.75 Å². The predicted molar refractivity (Wildman–Crippen MR) is 128 cm³/mol. The van der Waals surface area contributed by atoms with E-state index < -0.39 is 0 Å². The zero-order valence-electron chi connectivity index (χ0n) is 19.4. The van der Waals surface area contributed by atoms with Crippen LogP contribution in [-0.2, 0) is 6.42 Å². The molecule has 5 atom stereocenters. The van der Waals surface area contributed by atoms with Crippen LogP contribution in [-0.4, -0.2) is 24.1 Å². The Hall–Kier alpha value is -2.39. The SMILES string of the molecule is COc1cc2c(cc1/C=C/C(=O)c1ccc(C)cc1)[C@H]1CC[C@]3(C)[C@@H](O)CC[C@H]3[C@@H]1CC2. The first kappa shape index (κ1) is 21.5. The average molecular weight is 431 g/mol. The van der Waals surface area contributed by atoms with Crippen LogP contribution in [0.2, 0.25) is 0 Å². The van der Waals surface area contributed by atoms with Crippen molar-refractivity contribution < 1.29 is 14.6 Å². The molecule has 0 aromatic heterocycles. The molecule has 3 heteroatoms. The molecule has 1 N–H and O–H groups in total. The molecule has 3 aliphatic rings. The van der Waals surface area contributed by atoms with Gasteiger partial charge in [0.25, 0.3) is 0 Å². The van der Waals surface area contributed by atoms with Crippen LogP contribution in [0.25, 0.3) is 6.08 Å². The van der Waals surface area contributed by atoms with Crippen LogP contribution < -0.4 is 4.74 Å². The highest BCUT2D eigenvalue weighted by molar-refractivity contribution is 6.07. The summed E-state index contributed by atoms with van der Waals surface area (Å²) in [5.74, 6) is 2.67. The van der Waals surface area contributed by atoms with E-state index in [9.17, 15) is 9.90 Å². The quantitative estimate of drug-likeness (QED) is 0.470. The molecule has 5 rings (SSSR count). The maximum absolute atomic E-state index is 12.7. The summed E-state index contributed by atoms with van der Waals surface area (Å²) >= 11 is 0. The fourth-order valence-corrected chi connectivity index (χ4v) is 6.88. The highest BCUT2D eigenvalue weighted by atomic mass is 16.5. The van der Waals surface area contributed by atoms with E-state index in [-0.39, 0.29) is 17.3 Å². The number of rotatable bonds is 4. The Morgan fingerprint density at radius 2 is 1.91 bits per heavy atom. The highest BCUT2D eigenvalue weighted by Crippen LogP contribution is 2.61. The van der Waals surface area contributed by atoms with E-state index in [2.05, 4.69) is 19.1 Å². The fraction of sp³-hybridized carbons (Fsp3) is 0.483. The van der Waals surface area contributed by atoms with E-state index in [1.54, 1.807) is 13.2 Å². The second-order valence-electron chi connectivity index (χ2n) is 10.4. The van der Waals surface area contributed by atoms with Crippen LogP contribution in [0.15, 0.2) is 42.5 Å². The van der Waals surface area contributed by atoms with Crippen LogP contribution in [0.4, 0.5) is 0 Å². The van der Waals surface area contributed by atoms with Crippen LogP contribution in [0.5, 0.6) is 5.75 Å². The summed E-state index contributed by atoms with van der Waals surface area (Å²) < 4.78 is 5.71. The zero-order chi connectivity index (χ0) is 22.5. The van der Waals surface area contributed by atoms with Crippen molar-refractivity contribution in [2.45, 2.75) is 64.4 Å². The molecular weight excluding hydrogens is 396 g/mol. The highest BCUT2D eigenvalue weighted by Gasteiger charge is 2.54. The minimum Gasteiger partial charge on any atom is -0.496 e. The molecule has 0 heterocycles. The van der Waals surface area contributed by atoms with Crippen molar-refractivity contribution in [2.75, 3.05) is 7.11 Å². The molecule has 2 fully saturated rings. The van der Waals surface area contributed by atoms with E-state index >= 15 is 0 Å². The van der Waals surface area contributed by atoms with Gasteiger partial charge in [0.15, 0.2) is 5.78 Å². The summed E-state index contributed by atoms with van der Waals surface area (Å²) in [5, 5.41) is 10.7. The number of hydrogen-bond donors (Lipinski definition) is 1. The third-order valence-electron chi connectivity index (χ3n) is 8.78. The monoisotopic (exact) mass is 430 g/mol. The minimum atomic E-state index is -0.142. The van der Waals surface area contributed by atoms with Gasteiger partial charge in [-0.25, -0.2) is 0 Å². The largest absolute Gasteiger partial charge is 0.496 e. The lowest BCUT2D eigenvalue weighted by Gasteiger charge is -2.50. The van der Waals surface area contributed by atoms with Crippen molar-refractivity contribution >= 4 is 11.9 Å². The predicted octanol–water partition coefficient (Wildman–Crippen LogP) is 6.12. The van der Waals surface area contributed by atoms with Gasteiger partial charge in [-0.15, -0.1) is 0 Å². The lowest BCUT2D eigenvalue weighted by Crippen LogP contribution is -2.43. The molecule has 0 bridgehead atoms. The van der Waals surface area contributed by atoms with E-state index in [1.165, 1.54) is 17.5 Å². The molecule has 0 spiro atoms. The van der Waals surface area contributed by atoms with E-state index in [0.717, 1.165) is 49.0 Å². The van der Waals surface area contributed by atoms with Gasteiger partial charge in [-0.3, -0.25) is 4.79 Å². The van der Waals surface area contributed by atoms with Gasteiger partial charge in [0, 0.05) is 11.1 Å². The molecule has 0 unspecified atom stereocenters. The van der Waals surface area contributed by atoms with Crippen molar-refractivity contribution in [1.82, 2.24) is 0 Å². The number of hydrogen-bond acceptors (Lipinski definition) is 3. The van der Waals surface area contributed by atoms with Gasteiger partial charge in [-0.2, -0.15) is 0 Å². The van der Waals surface area contributed by atoms with Gasteiger partial charge in [0.1, 0.15) is 5.75 Å². The Morgan fingerprint density at radius 1 is 1.12 bits per heavy atom. The maximum atomic E-state index is 12.7. The third-order valence-corrected chi connectivity index (χ3v) is 8.78. The molecule has 0 saturated heterocycles. The van der Waals surface area contributed by atoms with Crippen molar-refractivity contribution in [3.05, 3.63) is 70.3 Å². The first-order valence-electron chi connectivity index (χ1n) is 12.1. The van der Waals surface area contributed by atoms with Crippen LogP contribution >= 0.6 is 0 Å². The lowest BCUT2D eigenvalue weighted by molar-refractivity contribution is -0.0226. The van der Waals surface area contributed by atoms with Gasteiger partial charge in [0.05, 0.1) is 13.2 Å². The number of aliphatic hydroxyl groups excluding tert-OH is 1. The minimum absolute atomic E-state index is 0.0102. The summed E-state index contributed by atoms with van der Waals surface area (Å²) in [6.07, 6.45) is 10.1. The van der Waals surface area contributed by atoms with E-state index in [0.29, 0.717) is 23.3 Å². The van der Waals surface area contributed by atoms with Gasteiger partial charge in [-0.05, 0) is 104 Å². The smallest absolute Gasteiger partial charge is 0.185 e. The molecule has 0 aliphatic heterocycles. The molecule has 168 valence electrons. The Labute approximate surface area is 191 Å². The van der Waals surface area contributed by atoms with Crippen molar-refractivity contribution in [2.24, 2.45) is 17.3 Å². The average Bonchev–Trinajstić information content (AvgIpc) is 3.11. The van der Waals surface area contributed by atoms with E-state index in [4.69, 9.17) is 4.74 Å². The Bertz CT molecular complexity index is 1050. The zero-order valence-corrected chi connectivity index (χ0v) is 19.4. The molecular formula is C29H34O3. The number of aliphatic hydroxyl groups is 1. The number of fused-ring (bicyclic) bond motifs is 5. The summed E-state index contributed by atoms with van der Waals surface area (Å²) in [7, 11) is 1.71. The summed E-state index contributed by atoms with van der Waals surface area (Å²) in [6.45, 7) is 4.34. The topological polar surface area (TPSA) is 46.5 Å². The number of carbonyl (C=O) groups excluding carboxylic acids is 1. The second kappa shape index (κ2) is 8.19. The number of benzene rings is 2. The molecule has 2 aromatic rings. The number of carbonyl (C=O) groups is 1. The normalized spacial score (nSPS) is 31.1. The first-order valence-corrected chi connectivity index (χ1v) is 12.1. The molecule has 32 heavy (non-hydrogen) atoms. The number of aryl methyl sites for hydroxylation is 2. The van der Waals surface area contributed by atoms with Gasteiger partial charge >= 0.3 is 0 Å². The Balaban J connectivity index is 1.45. The van der Waals surface area contributed by atoms with Crippen LogP contribution in [0.1, 0.15) is 77.6 Å². The third kappa shape index (κ3) is 3.51. The molecule has 2 saturated carbocycles. The molecule has 0 radical (unpaired) electrons. The van der Waals surface area contributed by atoms with Crippen molar-refractivity contribution in [3.63, 3.8) is 0 Å². The molecule has 3 aliphatic carbocycles. The molecule has 3 nitrogen and oxygen atoms in total. The maximum Gasteiger partial charge on any atom is 0.185 e. The van der Waals surface area contributed by atoms with Crippen LogP contribution in [0.3, 0.4) is 0 Å². The lowest BCUT2D eigenvalue weighted by atomic mass is 9.55. The molecule has 2 aromatic carbocycles. The van der Waals surface area contributed by atoms with Crippen molar-refractivity contribution in [1.29, 1.82) is 0 Å². The van der Waals surface area contributed by atoms with Crippen LogP contribution in [0, 0.1) is 24.2 Å². The fourth-order valence-electron chi connectivity index (χ4n) is 6.88. The second-order valence-corrected chi connectivity index (χ2v) is 10.4. The summed E-state index contributed by atoms with van der Waals surface area (Å²) in [4.78, 5) is 12.7. The van der Waals surface area contributed by atoms with Gasteiger partial charge in [0.2, 0.25) is 0 Å². The number of allylic oxidation sites excluding steroid dienone is 1.